The van der Waals surface area contributed by atoms with Crippen molar-refractivity contribution >= 4 is 43.7 Å². The predicted molar refractivity (Wildman–Crippen MR) is 213 cm³/mol. The highest BCUT2D eigenvalue weighted by Gasteiger charge is 2.18. The van der Waals surface area contributed by atoms with Crippen LogP contribution in [0.25, 0.3) is 65.7 Å². The van der Waals surface area contributed by atoms with E-state index in [0.717, 1.165) is 12.1 Å². The van der Waals surface area contributed by atoms with E-state index in [4.69, 9.17) is 0 Å². The summed E-state index contributed by atoms with van der Waals surface area (Å²) >= 11 is 0. The van der Waals surface area contributed by atoms with E-state index in [9.17, 15) is 0 Å². The van der Waals surface area contributed by atoms with Crippen LogP contribution < -0.4 is 4.90 Å². The number of hydrogen-bond donors (Lipinski definition) is 0. The molecule has 1 nitrogen and oxygen atoms in total. The highest BCUT2D eigenvalue weighted by Crippen LogP contribution is 2.44. The summed E-state index contributed by atoms with van der Waals surface area (Å²) in [5.74, 6) is 0. The number of nitrogens with zero attached hydrogens (tertiary/aromatic N) is 1. The molecule has 0 N–H and O–H groups in total. The molecule has 236 valence electrons. The molecule has 0 atom stereocenters. The average molecular weight is 630 g/mol. The molecule has 0 spiro atoms. The fraction of sp³-hybridized carbons (Fsp3) is 0.0833. The van der Waals surface area contributed by atoms with E-state index in [-0.39, 0.29) is 0 Å². The quantitative estimate of drug-likeness (QED) is 0.159. The van der Waals surface area contributed by atoms with E-state index < -0.39 is 0 Å². The summed E-state index contributed by atoms with van der Waals surface area (Å²) in [7, 11) is 0. The number of rotatable bonds is 7. The largest absolute Gasteiger partial charge is 0.315 e. The van der Waals surface area contributed by atoms with E-state index in [1.807, 2.05) is 0 Å². The first-order chi connectivity index (χ1) is 24.1. The molecule has 0 unspecified atom stereocenters. The molecule has 0 aliphatic rings. The molecule has 8 aromatic rings. The standard InChI is InChI=1S/C48H39N/c1-4-13-34(3)49(46-21-12-5-14-33(46)2)41-30-28-38(29-31-41)48-44-19-10-8-17-42(44)47(43-18-9-11-20-45(43)48)37-25-22-36(23-26-37)40-27-24-35-15-6-7-16-39(35)32-40/h5-32H,4H2,1-3H3/b34-13+. The lowest BCUT2D eigenvalue weighted by Crippen LogP contribution is -2.15. The van der Waals surface area contributed by atoms with Gasteiger partial charge < -0.3 is 4.90 Å². The van der Waals surface area contributed by atoms with Crippen molar-refractivity contribution in [3.8, 4) is 33.4 Å². The molecule has 0 saturated carbocycles. The fourth-order valence-corrected chi connectivity index (χ4v) is 7.46. The summed E-state index contributed by atoms with van der Waals surface area (Å²) in [6.07, 6.45) is 3.29. The van der Waals surface area contributed by atoms with Crippen LogP contribution in [0, 0.1) is 6.92 Å². The fourth-order valence-electron chi connectivity index (χ4n) is 7.46. The Kier molecular flexibility index (Phi) is 8.03. The zero-order valence-electron chi connectivity index (χ0n) is 28.3. The van der Waals surface area contributed by atoms with E-state index in [1.54, 1.807) is 0 Å². The Labute approximate surface area is 289 Å². The van der Waals surface area contributed by atoms with Crippen molar-refractivity contribution in [1.82, 2.24) is 0 Å². The average Bonchev–Trinajstić information content (AvgIpc) is 3.15. The maximum Gasteiger partial charge on any atom is 0.0487 e. The molecule has 0 amide bonds. The summed E-state index contributed by atoms with van der Waals surface area (Å²) in [6, 6.07) is 60.0. The van der Waals surface area contributed by atoms with E-state index in [2.05, 4.69) is 196 Å². The van der Waals surface area contributed by atoms with Gasteiger partial charge in [-0.1, -0.05) is 153 Å². The maximum atomic E-state index is 2.38. The summed E-state index contributed by atoms with van der Waals surface area (Å²) in [6.45, 7) is 6.59. The number of aryl methyl sites for hydroxylation is 1. The van der Waals surface area contributed by atoms with Crippen molar-refractivity contribution in [2.75, 3.05) is 4.90 Å². The molecule has 0 fully saturated rings. The van der Waals surface area contributed by atoms with Crippen molar-refractivity contribution in [3.63, 3.8) is 0 Å². The molecule has 0 bridgehead atoms. The van der Waals surface area contributed by atoms with Crippen LogP contribution in [0.5, 0.6) is 0 Å². The zero-order chi connectivity index (χ0) is 33.3. The Morgan fingerprint density at radius 3 is 1.53 bits per heavy atom. The van der Waals surface area contributed by atoms with Crippen LogP contribution in [0.1, 0.15) is 25.8 Å². The van der Waals surface area contributed by atoms with Gasteiger partial charge in [-0.25, -0.2) is 0 Å². The normalized spacial score (nSPS) is 11.8. The number of benzene rings is 8. The summed E-state index contributed by atoms with van der Waals surface area (Å²) in [5, 5.41) is 7.59. The van der Waals surface area contributed by atoms with Gasteiger partial charge in [-0.05, 0) is 116 Å². The minimum atomic E-state index is 0.989. The van der Waals surface area contributed by atoms with E-state index in [1.165, 1.54) is 82.6 Å². The number of anilines is 2. The van der Waals surface area contributed by atoms with Crippen molar-refractivity contribution in [2.24, 2.45) is 0 Å². The molecule has 8 rings (SSSR count). The second-order valence-electron chi connectivity index (χ2n) is 12.9. The molecule has 0 radical (unpaired) electrons. The first kappa shape index (κ1) is 30.4. The molecular formula is C48H39N. The number of fused-ring (bicyclic) bond motifs is 3. The highest BCUT2D eigenvalue weighted by molar-refractivity contribution is 6.21. The van der Waals surface area contributed by atoms with Gasteiger partial charge in [-0.2, -0.15) is 0 Å². The third kappa shape index (κ3) is 5.58. The number of hydrogen-bond acceptors (Lipinski definition) is 1. The van der Waals surface area contributed by atoms with Gasteiger partial charge in [0.25, 0.3) is 0 Å². The smallest absolute Gasteiger partial charge is 0.0487 e. The molecule has 0 heterocycles. The Bertz CT molecular complexity index is 2430. The molecule has 8 aromatic carbocycles. The van der Waals surface area contributed by atoms with Gasteiger partial charge in [0.15, 0.2) is 0 Å². The van der Waals surface area contributed by atoms with Gasteiger partial charge in [-0.15, -0.1) is 0 Å². The first-order valence-electron chi connectivity index (χ1n) is 17.3. The minimum absolute atomic E-state index is 0.989. The molecule has 0 aliphatic heterocycles. The van der Waals surface area contributed by atoms with Crippen LogP contribution in [-0.4, -0.2) is 0 Å². The van der Waals surface area contributed by atoms with Gasteiger partial charge in [0.05, 0.1) is 0 Å². The van der Waals surface area contributed by atoms with Gasteiger partial charge >= 0.3 is 0 Å². The van der Waals surface area contributed by atoms with E-state index in [0.29, 0.717) is 0 Å². The van der Waals surface area contributed by atoms with Gasteiger partial charge in [0.2, 0.25) is 0 Å². The first-order valence-corrected chi connectivity index (χ1v) is 17.3. The van der Waals surface area contributed by atoms with Gasteiger partial charge in [0, 0.05) is 17.1 Å². The van der Waals surface area contributed by atoms with E-state index >= 15 is 0 Å². The molecule has 1 heteroatoms. The Balaban J connectivity index is 1.25. The molecule has 0 saturated heterocycles. The van der Waals surface area contributed by atoms with Crippen LogP contribution in [0.3, 0.4) is 0 Å². The monoisotopic (exact) mass is 629 g/mol. The van der Waals surface area contributed by atoms with Crippen molar-refractivity contribution in [2.45, 2.75) is 27.2 Å². The van der Waals surface area contributed by atoms with Crippen molar-refractivity contribution in [1.29, 1.82) is 0 Å². The highest BCUT2D eigenvalue weighted by atomic mass is 15.1. The van der Waals surface area contributed by atoms with Crippen molar-refractivity contribution < 1.29 is 0 Å². The number of para-hydroxylation sites is 1. The third-order valence-corrected chi connectivity index (χ3v) is 9.81. The SMILES string of the molecule is CC/C=C(\C)N(c1ccc(-c2c3ccccc3c(-c3ccc(-c4ccc5ccccc5c4)cc3)c3ccccc23)cc1)c1ccccc1C. The second kappa shape index (κ2) is 12.9. The minimum Gasteiger partial charge on any atom is -0.315 e. The lowest BCUT2D eigenvalue weighted by atomic mass is 9.85. The molecule has 0 aliphatic carbocycles. The maximum absolute atomic E-state index is 2.38. The predicted octanol–water partition coefficient (Wildman–Crippen LogP) is 13.9. The van der Waals surface area contributed by atoms with Crippen molar-refractivity contribution in [3.05, 3.63) is 181 Å². The van der Waals surface area contributed by atoms with Crippen LogP contribution >= 0.6 is 0 Å². The Morgan fingerprint density at radius 1 is 0.490 bits per heavy atom. The summed E-state index contributed by atoms with van der Waals surface area (Å²) in [4.78, 5) is 2.38. The van der Waals surface area contributed by atoms with Crippen LogP contribution in [0.15, 0.2) is 176 Å². The van der Waals surface area contributed by atoms with Gasteiger partial charge in [-0.3, -0.25) is 0 Å². The third-order valence-electron chi connectivity index (χ3n) is 9.81. The van der Waals surface area contributed by atoms with Gasteiger partial charge in [0.1, 0.15) is 0 Å². The van der Waals surface area contributed by atoms with Crippen LogP contribution in [0.2, 0.25) is 0 Å². The molecule has 49 heavy (non-hydrogen) atoms. The lowest BCUT2D eigenvalue weighted by molar-refractivity contribution is 1.09. The summed E-state index contributed by atoms with van der Waals surface area (Å²) in [5.41, 5.74) is 12.3. The zero-order valence-corrected chi connectivity index (χ0v) is 28.3. The number of allylic oxidation sites excluding steroid dienone is 2. The topological polar surface area (TPSA) is 3.24 Å². The van der Waals surface area contributed by atoms with Crippen LogP contribution in [-0.2, 0) is 0 Å². The molecule has 0 aromatic heterocycles. The van der Waals surface area contributed by atoms with Crippen LogP contribution in [0.4, 0.5) is 11.4 Å². The Hall–Kier alpha value is -5.92. The lowest BCUT2D eigenvalue weighted by Gasteiger charge is -2.28. The molecular weight excluding hydrogens is 591 g/mol. The Morgan fingerprint density at radius 2 is 0.959 bits per heavy atom. The second-order valence-corrected chi connectivity index (χ2v) is 12.9. The summed E-state index contributed by atoms with van der Waals surface area (Å²) < 4.78 is 0.